The number of H-pyrrole nitrogens is 1. The standard InChI is InChI=1S/C20H23N3O4S/c1-13-14(2)23-19-17(13)5-4-6-18(19)20(24)21-11-12-22-28(25,26)16-9-7-15(27-3)8-10-16/h4-10,22-23H,11-12H2,1-3H3,(H,21,24). The van der Waals surface area contributed by atoms with E-state index in [4.69, 9.17) is 4.74 Å². The van der Waals surface area contributed by atoms with Crippen LogP contribution in [0.2, 0.25) is 0 Å². The summed E-state index contributed by atoms with van der Waals surface area (Å²) in [4.78, 5) is 15.9. The summed E-state index contributed by atoms with van der Waals surface area (Å²) in [5.41, 5.74) is 3.44. The summed E-state index contributed by atoms with van der Waals surface area (Å²) in [5, 5.41) is 3.76. The normalized spacial score (nSPS) is 11.5. The smallest absolute Gasteiger partial charge is 0.253 e. The minimum absolute atomic E-state index is 0.0822. The molecule has 3 rings (SSSR count). The van der Waals surface area contributed by atoms with Crippen LogP contribution in [0.3, 0.4) is 0 Å². The van der Waals surface area contributed by atoms with Gasteiger partial charge in [0.25, 0.3) is 5.91 Å². The maximum atomic E-state index is 12.5. The van der Waals surface area contributed by atoms with Crippen LogP contribution in [0.4, 0.5) is 0 Å². The van der Waals surface area contributed by atoms with Gasteiger partial charge in [0.2, 0.25) is 10.0 Å². The third-order valence-electron chi connectivity index (χ3n) is 4.66. The molecule has 1 aromatic heterocycles. The van der Waals surface area contributed by atoms with Gasteiger partial charge in [-0.1, -0.05) is 12.1 Å². The number of carbonyl (C=O) groups excluding carboxylic acids is 1. The van der Waals surface area contributed by atoms with Gasteiger partial charge in [0.05, 0.1) is 23.1 Å². The molecule has 7 nitrogen and oxygen atoms in total. The predicted octanol–water partition coefficient (Wildman–Crippen LogP) is 2.50. The molecule has 3 aromatic rings. The Labute approximate surface area is 164 Å². The minimum atomic E-state index is -3.65. The first-order valence-corrected chi connectivity index (χ1v) is 10.3. The van der Waals surface area contributed by atoms with Gasteiger partial charge in [-0.2, -0.15) is 0 Å². The van der Waals surface area contributed by atoms with Crippen LogP contribution < -0.4 is 14.8 Å². The van der Waals surface area contributed by atoms with E-state index in [1.54, 1.807) is 18.2 Å². The summed E-state index contributed by atoms with van der Waals surface area (Å²) in [6, 6.07) is 11.6. The SMILES string of the molecule is COc1ccc(S(=O)(=O)NCCNC(=O)c2cccc3c(C)c(C)[nH]c23)cc1. The van der Waals surface area contributed by atoms with Gasteiger partial charge in [0.1, 0.15) is 5.75 Å². The molecule has 0 bridgehead atoms. The average Bonchev–Trinajstić information content (AvgIpc) is 2.99. The monoisotopic (exact) mass is 401 g/mol. The second-order valence-corrected chi connectivity index (χ2v) is 8.20. The molecule has 1 heterocycles. The lowest BCUT2D eigenvalue weighted by Crippen LogP contribution is -2.34. The number of amides is 1. The fourth-order valence-electron chi connectivity index (χ4n) is 2.97. The zero-order chi connectivity index (χ0) is 20.3. The van der Waals surface area contributed by atoms with E-state index in [-0.39, 0.29) is 23.9 Å². The number of aryl methyl sites for hydroxylation is 2. The summed E-state index contributed by atoms with van der Waals surface area (Å²) < 4.78 is 32.1. The molecule has 3 N–H and O–H groups in total. The van der Waals surface area contributed by atoms with Crippen LogP contribution in [0.15, 0.2) is 47.4 Å². The third-order valence-corrected chi connectivity index (χ3v) is 6.14. The van der Waals surface area contributed by atoms with Gasteiger partial charge in [0.15, 0.2) is 0 Å². The first-order chi connectivity index (χ1) is 13.3. The Morgan fingerprint density at radius 2 is 1.79 bits per heavy atom. The number of para-hydroxylation sites is 1. The molecule has 148 valence electrons. The van der Waals surface area contributed by atoms with Gasteiger partial charge in [-0.05, 0) is 49.7 Å². The van der Waals surface area contributed by atoms with Crippen molar-refractivity contribution in [3.63, 3.8) is 0 Å². The molecule has 0 spiro atoms. The summed E-state index contributed by atoms with van der Waals surface area (Å²) >= 11 is 0. The van der Waals surface area contributed by atoms with Crippen molar-refractivity contribution in [1.82, 2.24) is 15.0 Å². The predicted molar refractivity (Wildman–Crippen MR) is 108 cm³/mol. The maximum absolute atomic E-state index is 12.5. The Morgan fingerprint density at radius 1 is 1.07 bits per heavy atom. The highest BCUT2D eigenvalue weighted by molar-refractivity contribution is 7.89. The largest absolute Gasteiger partial charge is 0.497 e. The molecule has 8 heteroatoms. The summed E-state index contributed by atoms with van der Waals surface area (Å²) in [6.07, 6.45) is 0. The van der Waals surface area contributed by atoms with Crippen LogP contribution >= 0.6 is 0 Å². The average molecular weight is 401 g/mol. The molecule has 0 saturated heterocycles. The first-order valence-electron chi connectivity index (χ1n) is 8.83. The van der Waals surface area contributed by atoms with Gasteiger partial charge in [-0.25, -0.2) is 13.1 Å². The number of ether oxygens (including phenoxy) is 1. The Hall–Kier alpha value is -2.84. The third kappa shape index (κ3) is 4.02. The minimum Gasteiger partial charge on any atom is -0.497 e. The number of aromatic nitrogens is 1. The first kappa shape index (κ1) is 19.9. The molecule has 1 amide bonds. The van der Waals surface area contributed by atoms with Crippen LogP contribution in [0.25, 0.3) is 10.9 Å². The molecule has 0 radical (unpaired) electrons. The molecule has 2 aromatic carbocycles. The Bertz CT molecular complexity index is 1100. The number of hydrogen-bond donors (Lipinski definition) is 3. The van der Waals surface area contributed by atoms with Gasteiger partial charge in [-0.3, -0.25) is 4.79 Å². The van der Waals surface area contributed by atoms with Crippen LogP contribution in [0.1, 0.15) is 21.6 Å². The fourth-order valence-corrected chi connectivity index (χ4v) is 4.00. The number of fused-ring (bicyclic) bond motifs is 1. The molecule has 0 atom stereocenters. The molecule has 0 unspecified atom stereocenters. The van der Waals surface area contributed by atoms with E-state index in [0.717, 1.165) is 22.2 Å². The van der Waals surface area contributed by atoms with Crippen molar-refractivity contribution in [3.05, 3.63) is 59.3 Å². The zero-order valence-corrected chi connectivity index (χ0v) is 16.8. The molecule has 0 fully saturated rings. The number of methoxy groups -OCH3 is 1. The van der Waals surface area contributed by atoms with Gasteiger partial charge in [-0.15, -0.1) is 0 Å². The van der Waals surface area contributed by atoms with E-state index >= 15 is 0 Å². The van der Waals surface area contributed by atoms with Gasteiger partial charge >= 0.3 is 0 Å². The van der Waals surface area contributed by atoms with Crippen LogP contribution in [0, 0.1) is 13.8 Å². The number of aromatic amines is 1. The Morgan fingerprint density at radius 3 is 2.46 bits per heavy atom. The van der Waals surface area contributed by atoms with Crippen LogP contribution in [0.5, 0.6) is 5.75 Å². The molecule has 0 aliphatic heterocycles. The van der Waals surface area contributed by atoms with Crippen molar-refractivity contribution in [2.75, 3.05) is 20.2 Å². The van der Waals surface area contributed by atoms with E-state index in [1.165, 1.54) is 19.2 Å². The Kier molecular flexibility index (Phi) is 5.71. The second-order valence-electron chi connectivity index (χ2n) is 6.43. The number of nitrogens with one attached hydrogen (secondary N) is 3. The van der Waals surface area contributed by atoms with Crippen molar-refractivity contribution in [2.24, 2.45) is 0 Å². The van der Waals surface area contributed by atoms with E-state index in [9.17, 15) is 13.2 Å². The lowest BCUT2D eigenvalue weighted by molar-refractivity contribution is 0.0956. The van der Waals surface area contributed by atoms with Crippen molar-refractivity contribution >= 4 is 26.8 Å². The molecule has 0 aliphatic rings. The maximum Gasteiger partial charge on any atom is 0.253 e. The molecular formula is C20H23N3O4S. The summed E-state index contributed by atoms with van der Waals surface area (Å²) in [5.74, 6) is 0.325. The highest BCUT2D eigenvalue weighted by Crippen LogP contribution is 2.24. The summed E-state index contributed by atoms with van der Waals surface area (Å²) in [7, 11) is -2.13. The topological polar surface area (TPSA) is 100 Å². The highest BCUT2D eigenvalue weighted by Gasteiger charge is 2.15. The number of sulfonamides is 1. The Balaban J connectivity index is 1.60. The number of rotatable bonds is 7. The highest BCUT2D eigenvalue weighted by atomic mass is 32.2. The van der Waals surface area contributed by atoms with Crippen molar-refractivity contribution in [3.8, 4) is 5.75 Å². The lowest BCUT2D eigenvalue weighted by Gasteiger charge is -2.09. The van der Waals surface area contributed by atoms with Gasteiger partial charge in [0, 0.05) is 24.2 Å². The van der Waals surface area contributed by atoms with Crippen LogP contribution in [-0.2, 0) is 10.0 Å². The molecule has 0 aliphatic carbocycles. The molecule has 0 saturated carbocycles. The van der Waals surface area contributed by atoms with Gasteiger partial charge < -0.3 is 15.0 Å². The fraction of sp³-hybridized carbons (Fsp3) is 0.250. The van der Waals surface area contributed by atoms with E-state index in [0.29, 0.717) is 11.3 Å². The number of hydrogen-bond acceptors (Lipinski definition) is 4. The van der Waals surface area contributed by atoms with E-state index in [2.05, 4.69) is 15.0 Å². The number of benzene rings is 2. The zero-order valence-electron chi connectivity index (χ0n) is 16.0. The van der Waals surface area contributed by atoms with Crippen molar-refractivity contribution in [1.29, 1.82) is 0 Å². The molecule has 28 heavy (non-hydrogen) atoms. The molecular weight excluding hydrogens is 378 g/mol. The van der Waals surface area contributed by atoms with Crippen LogP contribution in [-0.4, -0.2) is 39.5 Å². The van der Waals surface area contributed by atoms with Crippen molar-refractivity contribution in [2.45, 2.75) is 18.7 Å². The lowest BCUT2D eigenvalue weighted by atomic mass is 10.1. The van der Waals surface area contributed by atoms with E-state index < -0.39 is 10.0 Å². The summed E-state index contributed by atoms with van der Waals surface area (Å²) in [6.45, 7) is 4.22. The quantitative estimate of drug-likeness (QED) is 0.530. The second kappa shape index (κ2) is 8.04. The number of carbonyl (C=O) groups is 1. The van der Waals surface area contributed by atoms with E-state index in [1.807, 2.05) is 26.0 Å². The van der Waals surface area contributed by atoms with Crippen molar-refractivity contribution < 1.29 is 17.9 Å².